The van der Waals surface area contributed by atoms with E-state index in [0.717, 1.165) is 39.2 Å². The van der Waals surface area contributed by atoms with Crippen LogP contribution in [-0.2, 0) is 4.74 Å². The van der Waals surface area contributed by atoms with Gasteiger partial charge in [0.15, 0.2) is 0 Å². The third-order valence-corrected chi connectivity index (χ3v) is 2.46. The average Bonchev–Trinajstić information content (AvgIpc) is 2.25. The van der Waals surface area contributed by atoms with Crippen molar-refractivity contribution in [2.45, 2.75) is 39.2 Å². The molecule has 1 N–H and O–H groups in total. The van der Waals surface area contributed by atoms with Gasteiger partial charge in [0, 0.05) is 32.2 Å². The largest absolute Gasteiger partial charge is 0.383 e. The first kappa shape index (κ1) is 16.4. The van der Waals surface area contributed by atoms with Crippen LogP contribution in [0.25, 0.3) is 0 Å². The second-order valence-electron chi connectivity index (χ2n) is 5.27. The molecule has 4 heteroatoms. The molecule has 0 amide bonds. The molecule has 0 aliphatic rings. The predicted molar refractivity (Wildman–Crippen MR) is 70.9 cm³/mol. The highest BCUT2D eigenvalue weighted by Crippen LogP contribution is 1.99. The van der Waals surface area contributed by atoms with E-state index in [1.807, 2.05) is 0 Å². The van der Waals surface area contributed by atoms with Crippen LogP contribution in [0.4, 0.5) is 0 Å². The molecule has 4 nitrogen and oxygen atoms in total. The highest BCUT2D eigenvalue weighted by molar-refractivity contribution is 4.73. The van der Waals surface area contributed by atoms with Crippen molar-refractivity contribution in [3.63, 3.8) is 0 Å². The fourth-order valence-corrected chi connectivity index (χ4v) is 1.53. The maximum Gasteiger partial charge on any atom is 0.0635 e. The Bertz CT molecular complexity index is 218. The Morgan fingerprint density at radius 2 is 1.94 bits per heavy atom. The van der Waals surface area contributed by atoms with Crippen LogP contribution < -0.4 is 5.32 Å². The number of nitrogens with one attached hydrogen (secondary N) is 1. The number of ether oxygens (including phenoxy) is 1. The minimum absolute atomic E-state index is 0.185. The van der Waals surface area contributed by atoms with E-state index in [1.54, 1.807) is 7.11 Å². The second kappa shape index (κ2) is 9.41. The lowest BCUT2D eigenvalue weighted by molar-refractivity contribution is 0.147. The zero-order valence-corrected chi connectivity index (χ0v) is 11.8. The smallest absolute Gasteiger partial charge is 0.0635 e. The zero-order valence-electron chi connectivity index (χ0n) is 11.8. The maximum absolute atomic E-state index is 8.60. The van der Waals surface area contributed by atoms with Crippen LogP contribution in [-0.4, -0.2) is 50.3 Å². The fraction of sp³-hybridized carbons (Fsp3) is 0.923. The fourth-order valence-electron chi connectivity index (χ4n) is 1.53. The van der Waals surface area contributed by atoms with Gasteiger partial charge in [0.1, 0.15) is 0 Å². The highest BCUT2D eigenvalue weighted by atomic mass is 16.5. The normalized spacial score (nSPS) is 11.8. The molecule has 0 aromatic carbocycles. The molecule has 0 aliphatic heterocycles. The first-order valence-electron chi connectivity index (χ1n) is 6.33. The van der Waals surface area contributed by atoms with Gasteiger partial charge in [0.05, 0.1) is 12.7 Å². The quantitative estimate of drug-likeness (QED) is 0.623. The second-order valence-corrected chi connectivity index (χ2v) is 5.27. The third-order valence-electron chi connectivity index (χ3n) is 2.46. The summed E-state index contributed by atoms with van der Waals surface area (Å²) in [5.41, 5.74) is 0.185. The molecule has 0 radical (unpaired) electrons. The van der Waals surface area contributed by atoms with Gasteiger partial charge in [0.25, 0.3) is 0 Å². The van der Waals surface area contributed by atoms with Crippen molar-refractivity contribution in [1.29, 1.82) is 5.26 Å². The summed E-state index contributed by atoms with van der Waals surface area (Å²) >= 11 is 0. The molecule has 0 heterocycles. The van der Waals surface area contributed by atoms with Gasteiger partial charge in [-0.05, 0) is 40.3 Å². The SMILES string of the molecule is COCCN(CCC#N)CCCNC(C)(C)C. The van der Waals surface area contributed by atoms with E-state index in [0.29, 0.717) is 6.42 Å². The summed E-state index contributed by atoms with van der Waals surface area (Å²) in [5, 5.41) is 12.1. The Kier molecular flexibility index (Phi) is 9.06. The van der Waals surface area contributed by atoms with Crippen molar-refractivity contribution in [3.05, 3.63) is 0 Å². The van der Waals surface area contributed by atoms with Gasteiger partial charge < -0.3 is 10.1 Å². The molecule has 17 heavy (non-hydrogen) atoms. The monoisotopic (exact) mass is 241 g/mol. The summed E-state index contributed by atoms with van der Waals surface area (Å²) in [4.78, 5) is 2.29. The first-order chi connectivity index (χ1) is 7.99. The molecule has 0 aliphatic carbocycles. The first-order valence-corrected chi connectivity index (χ1v) is 6.33. The van der Waals surface area contributed by atoms with Gasteiger partial charge in [-0.2, -0.15) is 5.26 Å². The topological polar surface area (TPSA) is 48.3 Å². The van der Waals surface area contributed by atoms with E-state index in [-0.39, 0.29) is 5.54 Å². The van der Waals surface area contributed by atoms with Gasteiger partial charge in [-0.25, -0.2) is 0 Å². The summed E-state index contributed by atoms with van der Waals surface area (Å²) in [6, 6.07) is 2.19. The minimum Gasteiger partial charge on any atom is -0.383 e. The molecule has 0 atom stereocenters. The molecule has 0 rings (SSSR count). The molecule has 0 unspecified atom stereocenters. The average molecular weight is 241 g/mol. The Morgan fingerprint density at radius 3 is 2.47 bits per heavy atom. The van der Waals surface area contributed by atoms with Crippen molar-refractivity contribution >= 4 is 0 Å². The molecule has 0 aromatic heterocycles. The van der Waals surface area contributed by atoms with Crippen LogP contribution in [0.5, 0.6) is 0 Å². The summed E-state index contributed by atoms with van der Waals surface area (Å²) in [6.45, 7) is 11.0. The van der Waals surface area contributed by atoms with E-state index >= 15 is 0 Å². The van der Waals surface area contributed by atoms with Crippen LogP contribution in [0.1, 0.15) is 33.6 Å². The van der Waals surface area contributed by atoms with E-state index in [1.165, 1.54) is 0 Å². The van der Waals surface area contributed by atoms with Crippen molar-refractivity contribution in [2.75, 3.05) is 39.9 Å². The maximum atomic E-state index is 8.60. The van der Waals surface area contributed by atoms with Crippen LogP contribution in [0.2, 0.25) is 0 Å². The van der Waals surface area contributed by atoms with Crippen LogP contribution in [0.3, 0.4) is 0 Å². The van der Waals surface area contributed by atoms with Gasteiger partial charge in [-0.3, -0.25) is 4.90 Å². The molecule has 0 saturated heterocycles. The number of methoxy groups -OCH3 is 1. The lowest BCUT2D eigenvalue weighted by Gasteiger charge is -2.23. The minimum atomic E-state index is 0.185. The number of hydrogen-bond acceptors (Lipinski definition) is 4. The Labute approximate surface area is 106 Å². The lowest BCUT2D eigenvalue weighted by Crippen LogP contribution is -2.38. The van der Waals surface area contributed by atoms with Crippen molar-refractivity contribution in [3.8, 4) is 6.07 Å². The summed E-state index contributed by atoms with van der Waals surface area (Å²) in [7, 11) is 1.71. The Balaban J connectivity index is 3.71. The zero-order chi connectivity index (χ0) is 13.1. The van der Waals surface area contributed by atoms with Gasteiger partial charge in [-0.1, -0.05) is 0 Å². The Morgan fingerprint density at radius 1 is 1.24 bits per heavy atom. The molecule has 0 fully saturated rings. The highest BCUT2D eigenvalue weighted by Gasteiger charge is 2.08. The van der Waals surface area contributed by atoms with E-state index in [9.17, 15) is 0 Å². The summed E-state index contributed by atoms with van der Waals surface area (Å²) < 4.78 is 5.07. The van der Waals surface area contributed by atoms with Crippen LogP contribution in [0, 0.1) is 11.3 Å². The lowest BCUT2D eigenvalue weighted by atomic mass is 10.1. The molecular formula is C13H27N3O. The number of nitriles is 1. The predicted octanol–water partition coefficient (Wildman–Crippen LogP) is 1.63. The molecule has 0 aromatic rings. The molecule has 0 saturated carbocycles. The molecule has 100 valence electrons. The van der Waals surface area contributed by atoms with Crippen molar-refractivity contribution in [1.82, 2.24) is 10.2 Å². The van der Waals surface area contributed by atoms with Crippen LogP contribution in [0.15, 0.2) is 0 Å². The van der Waals surface area contributed by atoms with E-state index in [2.05, 4.69) is 37.1 Å². The summed E-state index contributed by atoms with van der Waals surface area (Å²) in [6.07, 6.45) is 1.70. The van der Waals surface area contributed by atoms with Crippen molar-refractivity contribution < 1.29 is 4.74 Å². The Hall–Kier alpha value is -0.630. The van der Waals surface area contributed by atoms with Crippen LogP contribution >= 0.6 is 0 Å². The molecule has 0 spiro atoms. The molecular weight excluding hydrogens is 214 g/mol. The molecule has 0 bridgehead atoms. The van der Waals surface area contributed by atoms with Gasteiger partial charge >= 0.3 is 0 Å². The summed E-state index contributed by atoms with van der Waals surface area (Å²) in [5.74, 6) is 0. The third kappa shape index (κ3) is 11.6. The number of hydrogen-bond donors (Lipinski definition) is 1. The van der Waals surface area contributed by atoms with E-state index < -0.39 is 0 Å². The van der Waals surface area contributed by atoms with E-state index in [4.69, 9.17) is 10.00 Å². The van der Waals surface area contributed by atoms with Gasteiger partial charge in [-0.15, -0.1) is 0 Å². The number of rotatable bonds is 9. The standard InChI is InChI=1S/C13H27N3O/c1-13(2,3)15-8-6-10-16(9-5-7-14)11-12-17-4/h15H,5-6,8-12H2,1-4H3. The van der Waals surface area contributed by atoms with Crippen molar-refractivity contribution in [2.24, 2.45) is 0 Å². The number of nitrogens with zero attached hydrogens (tertiary/aromatic N) is 2. The van der Waals surface area contributed by atoms with Gasteiger partial charge in [0.2, 0.25) is 0 Å².